The standard InChI is InChI=1S/C19H21N5O5/c1-3-29-17(25)13-22-18(26)23(15-9-11-16(12-10-15)24(27)28)21-19(2,20-22)14-7-5-4-6-8-14/h4-12,20-21H,3,13H2,1-2H3. The predicted octanol–water partition coefficient (Wildman–Crippen LogP) is 2.28. The first-order chi connectivity index (χ1) is 13.8. The Morgan fingerprint density at radius 1 is 1.14 bits per heavy atom. The highest BCUT2D eigenvalue weighted by Gasteiger charge is 2.41. The zero-order valence-corrected chi connectivity index (χ0v) is 16.0. The second-order valence-corrected chi connectivity index (χ2v) is 6.50. The molecule has 1 aliphatic heterocycles. The van der Waals surface area contributed by atoms with Crippen LogP contribution in [0.1, 0.15) is 19.4 Å². The molecular weight excluding hydrogens is 378 g/mol. The molecule has 152 valence electrons. The minimum absolute atomic E-state index is 0.0921. The second-order valence-electron chi connectivity index (χ2n) is 6.50. The molecule has 2 amide bonds. The van der Waals surface area contributed by atoms with Crippen LogP contribution in [0.3, 0.4) is 0 Å². The van der Waals surface area contributed by atoms with Crippen LogP contribution in [0.5, 0.6) is 0 Å². The normalized spacial score (nSPS) is 19.2. The number of hydrazine groups is 2. The fourth-order valence-corrected chi connectivity index (χ4v) is 2.98. The lowest BCUT2D eigenvalue weighted by Crippen LogP contribution is -2.73. The summed E-state index contributed by atoms with van der Waals surface area (Å²) in [5, 5.41) is 13.3. The van der Waals surface area contributed by atoms with Gasteiger partial charge < -0.3 is 4.74 Å². The molecular formula is C19H21N5O5. The van der Waals surface area contributed by atoms with E-state index in [2.05, 4.69) is 10.9 Å². The lowest BCUT2D eigenvalue weighted by molar-refractivity contribution is -0.384. The van der Waals surface area contributed by atoms with Gasteiger partial charge in [0.05, 0.1) is 17.2 Å². The topological polar surface area (TPSA) is 117 Å². The SMILES string of the molecule is CCOC(=O)CN1NC(C)(c2ccccc2)NN(c2ccc([N+](=O)[O-])cc2)C1=O. The number of nitrogens with zero attached hydrogens (tertiary/aromatic N) is 3. The molecule has 1 atom stereocenters. The van der Waals surface area contributed by atoms with Gasteiger partial charge in [0.2, 0.25) is 0 Å². The fraction of sp³-hybridized carbons (Fsp3) is 0.263. The van der Waals surface area contributed by atoms with Gasteiger partial charge in [-0.2, -0.15) is 5.43 Å². The molecule has 1 unspecified atom stereocenters. The van der Waals surface area contributed by atoms with Crippen LogP contribution in [0.4, 0.5) is 16.2 Å². The third kappa shape index (κ3) is 4.33. The van der Waals surface area contributed by atoms with Crippen molar-refractivity contribution in [3.63, 3.8) is 0 Å². The Morgan fingerprint density at radius 2 is 1.79 bits per heavy atom. The number of carbonyl (C=O) groups is 2. The molecule has 1 aliphatic rings. The molecule has 2 N–H and O–H groups in total. The van der Waals surface area contributed by atoms with Crippen molar-refractivity contribution in [1.29, 1.82) is 0 Å². The van der Waals surface area contributed by atoms with Crippen molar-refractivity contribution in [2.24, 2.45) is 0 Å². The Kier molecular flexibility index (Phi) is 5.76. The van der Waals surface area contributed by atoms with Gasteiger partial charge in [0.1, 0.15) is 12.2 Å². The fourth-order valence-electron chi connectivity index (χ4n) is 2.98. The second kappa shape index (κ2) is 8.25. The van der Waals surface area contributed by atoms with Gasteiger partial charge in [-0.25, -0.2) is 20.2 Å². The number of hydrogen-bond donors (Lipinski definition) is 2. The van der Waals surface area contributed by atoms with E-state index in [0.717, 1.165) is 10.6 Å². The number of amides is 2. The number of hydrogen-bond acceptors (Lipinski definition) is 7. The van der Waals surface area contributed by atoms with E-state index in [-0.39, 0.29) is 18.8 Å². The highest BCUT2D eigenvalue weighted by molar-refractivity contribution is 5.93. The molecule has 10 heteroatoms. The van der Waals surface area contributed by atoms with Gasteiger partial charge in [-0.15, -0.1) is 0 Å². The maximum absolute atomic E-state index is 13.0. The zero-order valence-electron chi connectivity index (χ0n) is 16.0. The minimum atomic E-state index is -0.941. The van der Waals surface area contributed by atoms with Gasteiger partial charge in [0, 0.05) is 12.1 Å². The van der Waals surface area contributed by atoms with E-state index in [1.165, 1.54) is 29.3 Å². The van der Waals surface area contributed by atoms with E-state index in [0.29, 0.717) is 5.69 Å². The minimum Gasteiger partial charge on any atom is -0.465 e. The molecule has 0 radical (unpaired) electrons. The van der Waals surface area contributed by atoms with Crippen LogP contribution in [0.25, 0.3) is 0 Å². The molecule has 29 heavy (non-hydrogen) atoms. The van der Waals surface area contributed by atoms with Crippen LogP contribution < -0.4 is 15.9 Å². The Bertz CT molecular complexity index is 905. The number of ether oxygens (including phenoxy) is 1. The summed E-state index contributed by atoms with van der Waals surface area (Å²) in [4.78, 5) is 35.4. The average Bonchev–Trinajstić information content (AvgIpc) is 2.71. The van der Waals surface area contributed by atoms with Crippen LogP contribution in [-0.2, 0) is 15.2 Å². The van der Waals surface area contributed by atoms with Gasteiger partial charge in [-0.3, -0.25) is 14.9 Å². The molecule has 2 aromatic rings. The average molecular weight is 399 g/mol. The molecule has 3 rings (SSSR count). The number of benzene rings is 2. The number of nitro groups is 1. The molecule has 1 saturated heterocycles. The first-order valence-corrected chi connectivity index (χ1v) is 8.97. The number of non-ortho nitro benzene ring substituents is 1. The first-order valence-electron chi connectivity index (χ1n) is 8.97. The maximum atomic E-state index is 13.0. The van der Waals surface area contributed by atoms with Crippen molar-refractivity contribution in [3.8, 4) is 0 Å². The highest BCUT2D eigenvalue weighted by Crippen LogP contribution is 2.27. The summed E-state index contributed by atoms with van der Waals surface area (Å²) in [6, 6.07) is 14.3. The summed E-state index contributed by atoms with van der Waals surface area (Å²) in [7, 11) is 0. The third-order valence-electron chi connectivity index (χ3n) is 4.38. The van der Waals surface area contributed by atoms with E-state index < -0.39 is 22.6 Å². The summed E-state index contributed by atoms with van der Waals surface area (Å²) in [6.07, 6.45) is 0. The smallest absolute Gasteiger partial charge is 0.354 e. The summed E-state index contributed by atoms with van der Waals surface area (Å²) in [5.74, 6) is -0.561. The van der Waals surface area contributed by atoms with E-state index >= 15 is 0 Å². The molecule has 10 nitrogen and oxygen atoms in total. The Morgan fingerprint density at radius 3 is 2.38 bits per heavy atom. The molecule has 2 aromatic carbocycles. The monoisotopic (exact) mass is 399 g/mol. The van der Waals surface area contributed by atoms with E-state index in [1.807, 2.05) is 37.3 Å². The Hall–Kier alpha value is -3.50. The lowest BCUT2D eigenvalue weighted by Gasteiger charge is -2.47. The molecule has 1 heterocycles. The molecule has 0 aliphatic carbocycles. The van der Waals surface area contributed by atoms with E-state index in [9.17, 15) is 19.7 Å². The molecule has 0 bridgehead atoms. The molecule has 0 aromatic heterocycles. The van der Waals surface area contributed by atoms with E-state index in [1.54, 1.807) is 6.92 Å². The number of urea groups is 1. The number of anilines is 1. The van der Waals surface area contributed by atoms with Crippen LogP contribution in [0, 0.1) is 10.1 Å². The molecule has 0 spiro atoms. The Balaban J connectivity index is 1.96. The highest BCUT2D eigenvalue weighted by atomic mass is 16.6. The lowest BCUT2D eigenvalue weighted by atomic mass is 10.0. The van der Waals surface area contributed by atoms with Crippen LogP contribution in [0.15, 0.2) is 54.6 Å². The number of carbonyl (C=O) groups excluding carboxylic acids is 2. The van der Waals surface area contributed by atoms with Gasteiger partial charge in [-0.05, 0) is 31.5 Å². The van der Waals surface area contributed by atoms with Crippen molar-refractivity contribution in [1.82, 2.24) is 15.9 Å². The van der Waals surface area contributed by atoms with Crippen molar-refractivity contribution in [2.75, 3.05) is 18.2 Å². The van der Waals surface area contributed by atoms with Crippen LogP contribution in [0.2, 0.25) is 0 Å². The summed E-state index contributed by atoms with van der Waals surface area (Å²) in [6.45, 7) is 3.38. The predicted molar refractivity (Wildman–Crippen MR) is 104 cm³/mol. The first kappa shape index (κ1) is 20.2. The zero-order chi connectivity index (χ0) is 21.0. The van der Waals surface area contributed by atoms with Gasteiger partial charge in [0.25, 0.3) is 5.69 Å². The summed E-state index contributed by atoms with van der Waals surface area (Å²) in [5.41, 5.74) is 6.31. The van der Waals surface area contributed by atoms with E-state index in [4.69, 9.17) is 4.74 Å². The molecule has 1 fully saturated rings. The number of esters is 1. The van der Waals surface area contributed by atoms with Crippen molar-refractivity contribution < 1.29 is 19.2 Å². The van der Waals surface area contributed by atoms with Crippen molar-refractivity contribution >= 4 is 23.4 Å². The van der Waals surface area contributed by atoms with Crippen molar-refractivity contribution in [2.45, 2.75) is 19.5 Å². The van der Waals surface area contributed by atoms with Crippen LogP contribution >= 0.6 is 0 Å². The number of rotatable bonds is 6. The number of nitrogens with one attached hydrogen (secondary N) is 2. The number of nitro benzene ring substituents is 1. The van der Waals surface area contributed by atoms with Gasteiger partial charge in [0.15, 0.2) is 0 Å². The summed E-state index contributed by atoms with van der Waals surface area (Å²) >= 11 is 0. The maximum Gasteiger partial charge on any atom is 0.354 e. The third-order valence-corrected chi connectivity index (χ3v) is 4.38. The van der Waals surface area contributed by atoms with Gasteiger partial charge in [-0.1, -0.05) is 30.3 Å². The quantitative estimate of drug-likeness (QED) is 0.435. The Labute approximate surface area is 167 Å². The van der Waals surface area contributed by atoms with Crippen molar-refractivity contribution in [3.05, 3.63) is 70.3 Å². The largest absolute Gasteiger partial charge is 0.465 e. The van der Waals surface area contributed by atoms with Gasteiger partial charge >= 0.3 is 12.0 Å². The molecule has 0 saturated carbocycles. The van der Waals surface area contributed by atoms with Crippen LogP contribution in [-0.4, -0.2) is 35.1 Å². The summed E-state index contributed by atoms with van der Waals surface area (Å²) < 4.78 is 4.96.